The van der Waals surface area contributed by atoms with Crippen molar-refractivity contribution in [2.24, 2.45) is 0 Å². The van der Waals surface area contributed by atoms with Crippen LogP contribution in [0, 0.1) is 0 Å². The molecule has 4 heteroatoms. The molecular weight excluding hydrogens is 814 g/mol. The van der Waals surface area contributed by atoms with E-state index in [2.05, 4.69) is 228 Å². The maximum absolute atomic E-state index is 7.12. The zero-order valence-electron chi connectivity index (χ0n) is 38.7. The Hall–Kier alpha value is -7.56. The number of hydrogen-bond donors (Lipinski definition) is 0. The first-order valence-corrected chi connectivity index (χ1v) is 23.8. The van der Waals surface area contributed by atoms with Crippen molar-refractivity contribution in [3.8, 4) is 62.1 Å². The van der Waals surface area contributed by atoms with Crippen LogP contribution in [0.4, 0.5) is 0 Å². The monoisotopic (exact) mass is 861 g/mol. The second kappa shape index (κ2) is 13.3. The normalized spacial score (nSPS) is 14.4. The molecule has 3 nitrogen and oxygen atoms in total. The molecule has 3 heterocycles. The van der Waals surface area contributed by atoms with Gasteiger partial charge in [0.1, 0.15) is 23.0 Å². The topological polar surface area (TPSA) is 23.4 Å². The van der Waals surface area contributed by atoms with Crippen molar-refractivity contribution in [1.29, 1.82) is 0 Å². The summed E-state index contributed by atoms with van der Waals surface area (Å²) in [6, 6.07) is 68.1. The molecule has 0 bridgehead atoms. The van der Waals surface area contributed by atoms with Crippen LogP contribution in [0.5, 0.6) is 23.0 Å². The Morgan fingerprint density at radius 1 is 0.418 bits per heavy atom. The van der Waals surface area contributed by atoms with E-state index in [0.29, 0.717) is 0 Å². The van der Waals surface area contributed by atoms with Gasteiger partial charge in [0.2, 0.25) is 0 Å². The summed E-state index contributed by atoms with van der Waals surface area (Å²) in [4.78, 5) is 0. The molecule has 0 atom stereocenters. The maximum Gasteiger partial charge on any atom is 0.260 e. The van der Waals surface area contributed by atoms with Gasteiger partial charge < -0.3 is 14.0 Å². The average Bonchev–Trinajstić information content (AvgIpc) is 3.95. The van der Waals surface area contributed by atoms with E-state index in [-0.39, 0.29) is 17.5 Å². The average molecular weight is 862 g/mol. The standard InChI is InChI=1S/C63H48BNO2/c1-61(2,3)37-29-31-54-51(33-37)64-52-34-38(62(4,5)6)30-32-55(52)67-57-36-39(35-56(66-54)59(57)64)65-53-28-14-10-20-43(53)46-23-16-24-47(60(46)65)45-22-15-21-44-42-19-9-13-27-50(42)63(58(44)45)48-25-11-7-17-40(48)41-18-8-12-26-49(41)63/h7-36H,1-6H3. The van der Waals surface area contributed by atoms with Crippen LogP contribution in [-0.2, 0) is 16.2 Å². The summed E-state index contributed by atoms with van der Waals surface area (Å²) in [6.45, 7) is 13.7. The fraction of sp³-hybridized carbons (Fsp3) is 0.143. The molecule has 0 fully saturated rings. The number of benzene rings is 9. The first-order chi connectivity index (χ1) is 32.5. The van der Waals surface area contributed by atoms with Gasteiger partial charge in [-0.15, -0.1) is 0 Å². The van der Waals surface area contributed by atoms with Crippen LogP contribution in [0.25, 0.3) is 60.9 Å². The van der Waals surface area contributed by atoms with Gasteiger partial charge in [-0.25, -0.2) is 0 Å². The second-order valence-corrected chi connectivity index (χ2v) is 21.2. The summed E-state index contributed by atoms with van der Waals surface area (Å²) in [5.74, 6) is 3.45. The van der Waals surface area contributed by atoms with Crippen LogP contribution >= 0.6 is 0 Å². The minimum atomic E-state index is -0.498. The summed E-state index contributed by atoms with van der Waals surface area (Å²) >= 11 is 0. The van der Waals surface area contributed by atoms with Crippen LogP contribution in [-0.4, -0.2) is 11.3 Å². The molecule has 2 aliphatic heterocycles. The Labute approximate surface area is 392 Å². The quantitative estimate of drug-likeness (QED) is 0.162. The van der Waals surface area contributed by atoms with Crippen molar-refractivity contribution in [3.05, 3.63) is 215 Å². The first kappa shape index (κ1) is 38.7. The SMILES string of the molecule is CC(C)(C)c1ccc2c(c1)B1c3cc(C(C)(C)C)ccc3Oc3cc(-n4c5ccccc5c5cccc(-c6cccc7c6C6(c8ccccc8-c8ccccc86)c6ccccc6-7)c54)cc(c31)O2. The highest BCUT2D eigenvalue weighted by Crippen LogP contribution is 2.64. The van der Waals surface area contributed by atoms with Crippen molar-refractivity contribution in [3.63, 3.8) is 0 Å². The Morgan fingerprint density at radius 2 is 0.866 bits per heavy atom. The largest absolute Gasteiger partial charge is 0.458 e. The number of rotatable bonds is 2. The van der Waals surface area contributed by atoms with E-state index in [0.717, 1.165) is 45.2 Å². The lowest BCUT2D eigenvalue weighted by Gasteiger charge is -2.35. The molecule has 67 heavy (non-hydrogen) atoms. The molecule has 0 amide bonds. The maximum atomic E-state index is 7.12. The van der Waals surface area contributed by atoms with Crippen molar-refractivity contribution in [2.45, 2.75) is 57.8 Å². The molecular formula is C63H48BNO2. The predicted octanol–water partition coefficient (Wildman–Crippen LogP) is 14.1. The number of aromatic nitrogens is 1. The lowest BCUT2D eigenvalue weighted by atomic mass is 9.34. The van der Waals surface area contributed by atoms with E-state index >= 15 is 0 Å². The molecule has 0 N–H and O–H groups in total. The van der Waals surface area contributed by atoms with Crippen LogP contribution in [0.15, 0.2) is 182 Å². The summed E-state index contributed by atoms with van der Waals surface area (Å²) < 4.78 is 16.7. The molecule has 0 radical (unpaired) electrons. The van der Waals surface area contributed by atoms with Gasteiger partial charge in [0.25, 0.3) is 6.71 Å². The molecule has 4 aliphatic rings. The Bertz CT molecular complexity index is 3650. The number of para-hydroxylation sites is 2. The zero-order valence-corrected chi connectivity index (χ0v) is 38.7. The highest BCUT2D eigenvalue weighted by Gasteiger charge is 2.53. The van der Waals surface area contributed by atoms with Gasteiger partial charge in [-0.05, 0) is 101 Å². The van der Waals surface area contributed by atoms with Gasteiger partial charge in [-0.3, -0.25) is 0 Å². The molecule has 0 saturated heterocycles. The van der Waals surface area contributed by atoms with Crippen LogP contribution in [0.1, 0.15) is 74.9 Å². The number of ether oxygens (including phenoxy) is 2. The molecule has 2 aliphatic carbocycles. The number of fused-ring (bicyclic) bond motifs is 17. The Balaban J connectivity index is 1.05. The van der Waals surface area contributed by atoms with Gasteiger partial charge in [0.15, 0.2) is 0 Å². The lowest BCUT2D eigenvalue weighted by molar-refractivity contribution is 0.463. The first-order valence-electron chi connectivity index (χ1n) is 23.8. The van der Waals surface area contributed by atoms with E-state index in [1.165, 1.54) is 88.5 Å². The molecule has 14 rings (SSSR count). The number of nitrogens with zero attached hydrogens (tertiary/aromatic N) is 1. The Morgan fingerprint density at radius 3 is 1.43 bits per heavy atom. The molecule has 320 valence electrons. The van der Waals surface area contributed by atoms with Gasteiger partial charge in [0, 0.05) is 33.9 Å². The van der Waals surface area contributed by atoms with E-state index in [1.807, 2.05) is 0 Å². The Kier molecular flexibility index (Phi) is 7.68. The van der Waals surface area contributed by atoms with Crippen LogP contribution < -0.4 is 25.9 Å². The summed E-state index contributed by atoms with van der Waals surface area (Å²) in [7, 11) is 0. The van der Waals surface area contributed by atoms with Gasteiger partial charge in [-0.2, -0.15) is 0 Å². The van der Waals surface area contributed by atoms with Gasteiger partial charge in [0.05, 0.1) is 22.1 Å². The number of hydrogen-bond acceptors (Lipinski definition) is 2. The highest BCUT2D eigenvalue weighted by atomic mass is 16.5. The van der Waals surface area contributed by atoms with Crippen molar-refractivity contribution < 1.29 is 9.47 Å². The third-order valence-electron chi connectivity index (χ3n) is 15.4. The van der Waals surface area contributed by atoms with E-state index < -0.39 is 5.41 Å². The summed E-state index contributed by atoms with van der Waals surface area (Å²) in [6.07, 6.45) is 0. The smallest absolute Gasteiger partial charge is 0.260 e. The summed E-state index contributed by atoms with van der Waals surface area (Å²) in [5.41, 5.74) is 21.7. The van der Waals surface area contributed by atoms with Gasteiger partial charge >= 0.3 is 0 Å². The molecule has 9 aromatic carbocycles. The minimum Gasteiger partial charge on any atom is -0.458 e. The highest BCUT2D eigenvalue weighted by molar-refractivity contribution is 6.98. The van der Waals surface area contributed by atoms with Crippen LogP contribution in [0.3, 0.4) is 0 Å². The molecule has 0 saturated carbocycles. The zero-order chi connectivity index (χ0) is 45.1. The van der Waals surface area contributed by atoms with E-state index in [4.69, 9.17) is 9.47 Å². The molecule has 1 aromatic heterocycles. The van der Waals surface area contributed by atoms with E-state index in [9.17, 15) is 0 Å². The van der Waals surface area contributed by atoms with E-state index in [1.54, 1.807) is 0 Å². The van der Waals surface area contributed by atoms with Crippen LogP contribution in [0.2, 0.25) is 0 Å². The molecule has 0 unspecified atom stereocenters. The third kappa shape index (κ3) is 5.13. The lowest BCUT2D eigenvalue weighted by Crippen LogP contribution is -2.57. The van der Waals surface area contributed by atoms with Gasteiger partial charge in [-0.1, -0.05) is 193 Å². The third-order valence-corrected chi connectivity index (χ3v) is 15.4. The molecule has 10 aromatic rings. The van der Waals surface area contributed by atoms with Crippen molar-refractivity contribution in [2.75, 3.05) is 0 Å². The van der Waals surface area contributed by atoms with Crippen molar-refractivity contribution in [1.82, 2.24) is 4.57 Å². The fourth-order valence-corrected chi connectivity index (χ4v) is 12.4. The predicted molar refractivity (Wildman–Crippen MR) is 278 cm³/mol. The summed E-state index contributed by atoms with van der Waals surface area (Å²) in [5, 5.41) is 2.40. The minimum absolute atomic E-state index is 0.0245. The second-order valence-electron chi connectivity index (χ2n) is 21.2. The fourth-order valence-electron chi connectivity index (χ4n) is 12.4. The molecule has 1 spiro atoms. The van der Waals surface area contributed by atoms with Crippen molar-refractivity contribution >= 4 is 44.9 Å².